The highest BCUT2D eigenvalue weighted by molar-refractivity contribution is 5.90. The standard InChI is InChI=1S/C14H30N6O2/c1-13(2,11(15)17-7-5-9-21)19-20-14(3,4)12(16)18-8-6-10-22/h21-22H,5-10H2,1-4H3,(H2,15,17)(H2,16,18). The van der Waals surface area contributed by atoms with Crippen molar-refractivity contribution < 1.29 is 10.2 Å². The maximum Gasteiger partial charge on any atom is 0.132 e. The lowest BCUT2D eigenvalue weighted by Crippen LogP contribution is -2.40. The smallest absolute Gasteiger partial charge is 0.132 e. The number of hydrogen-bond donors (Lipinski definition) is 4. The molecule has 128 valence electrons. The summed E-state index contributed by atoms with van der Waals surface area (Å²) < 4.78 is 0. The second-order valence-corrected chi connectivity index (χ2v) is 6.01. The zero-order valence-corrected chi connectivity index (χ0v) is 14.1. The van der Waals surface area contributed by atoms with E-state index in [9.17, 15) is 0 Å². The Morgan fingerprint density at radius 2 is 1.09 bits per heavy atom. The Hall–Kier alpha value is -1.54. The number of nitrogens with zero attached hydrogens (tertiary/aromatic N) is 4. The number of nitrogens with two attached hydrogens (primary N) is 2. The zero-order valence-electron chi connectivity index (χ0n) is 14.1. The van der Waals surface area contributed by atoms with Gasteiger partial charge < -0.3 is 21.7 Å². The van der Waals surface area contributed by atoms with Crippen LogP contribution >= 0.6 is 0 Å². The predicted octanol–water partition coefficient (Wildman–Crippen LogP) is 0.475. The molecule has 0 saturated carbocycles. The number of azo groups is 1. The summed E-state index contributed by atoms with van der Waals surface area (Å²) in [6, 6.07) is 0. The first-order valence-corrected chi connectivity index (χ1v) is 7.44. The minimum Gasteiger partial charge on any atom is -0.396 e. The van der Waals surface area contributed by atoms with Crippen LogP contribution in [0.2, 0.25) is 0 Å². The fraction of sp³-hybridized carbons (Fsp3) is 0.857. The van der Waals surface area contributed by atoms with E-state index < -0.39 is 11.1 Å². The molecule has 6 N–H and O–H groups in total. The third kappa shape index (κ3) is 7.46. The highest BCUT2D eigenvalue weighted by atomic mass is 16.3. The number of aliphatic imine (C=N–C) groups is 2. The maximum atomic E-state index is 8.75. The fourth-order valence-corrected chi connectivity index (χ4v) is 1.28. The molecule has 0 radical (unpaired) electrons. The summed E-state index contributed by atoms with van der Waals surface area (Å²) in [5.74, 6) is 0.715. The Morgan fingerprint density at radius 3 is 1.36 bits per heavy atom. The van der Waals surface area contributed by atoms with Crippen LogP contribution in [0.5, 0.6) is 0 Å². The molecule has 0 atom stereocenters. The van der Waals surface area contributed by atoms with Gasteiger partial charge in [0.25, 0.3) is 0 Å². The summed E-state index contributed by atoms with van der Waals surface area (Å²) in [4.78, 5) is 8.37. The molecule has 0 spiro atoms. The highest BCUT2D eigenvalue weighted by Gasteiger charge is 2.27. The van der Waals surface area contributed by atoms with Crippen molar-refractivity contribution in [3.63, 3.8) is 0 Å². The lowest BCUT2D eigenvalue weighted by atomic mass is 10.0. The molecule has 0 aromatic carbocycles. The Balaban J connectivity index is 4.90. The molecule has 0 heterocycles. The van der Waals surface area contributed by atoms with E-state index in [1.165, 1.54) is 0 Å². The van der Waals surface area contributed by atoms with Gasteiger partial charge in [0, 0.05) is 26.3 Å². The minimum absolute atomic E-state index is 0.0760. The minimum atomic E-state index is -0.752. The van der Waals surface area contributed by atoms with Crippen LogP contribution in [0.3, 0.4) is 0 Å². The Labute approximate surface area is 132 Å². The molecule has 8 heteroatoms. The topological polar surface area (TPSA) is 142 Å². The van der Waals surface area contributed by atoms with Gasteiger partial charge in [-0.3, -0.25) is 9.98 Å². The van der Waals surface area contributed by atoms with E-state index in [2.05, 4.69) is 20.2 Å². The van der Waals surface area contributed by atoms with Gasteiger partial charge in [-0.25, -0.2) is 0 Å². The highest BCUT2D eigenvalue weighted by Crippen LogP contribution is 2.16. The van der Waals surface area contributed by atoms with Crippen molar-refractivity contribution in [2.24, 2.45) is 31.7 Å². The summed E-state index contributed by atoms with van der Waals surface area (Å²) in [7, 11) is 0. The van der Waals surface area contributed by atoms with Crippen molar-refractivity contribution in [3.05, 3.63) is 0 Å². The van der Waals surface area contributed by atoms with Crippen molar-refractivity contribution >= 4 is 11.7 Å². The lowest BCUT2D eigenvalue weighted by molar-refractivity contribution is 0.290. The summed E-state index contributed by atoms with van der Waals surface area (Å²) in [6.07, 6.45) is 1.12. The van der Waals surface area contributed by atoms with Gasteiger partial charge in [-0.2, -0.15) is 10.2 Å². The number of rotatable bonds is 10. The molecule has 0 rings (SSSR count). The van der Waals surface area contributed by atoms with Crippen molar-refractivity contribution in [1.82, 2.24) is 0 Å². The van der Waals surface area contributed by atoms with Gasteiger partial charge in [-0.1, -0.05) is 0 Å². The van der Waals surface area contributed by atoms with Crippen molar-refractivity contribution in [1.29, 1.82) is 0 Å². The van der Waals surface area contributed by atoms with Crippen LogP contribution in [0.25, 0.3) is 0 Å². The fourth-order valence-electron chi connectivity index (χ4n) is 1.28. The van der Waals surface area contributed by atoms with E-state index in [-0.39, 0.29) is 13.2 Å². The van der Waals surface area contributed by atoms with Crippen molar-refractivity contribution in [2.75, 3.05) is 26.3 Å². The summed E-state index contributed by atoms with van der Waals surface area (Å²) in [5.41, 5.74) is 10.3. The maximum absolute atomic E-state index is 8.75. The zero-order chi connectivity index (χ0) is 17.2. The monoisotopic (exact) mass is 314 g/mol. The van der Waals surface area contributed by atoms with E-state index >= 15 is 0 Å². The SMILES string of the molecule is CC(C)(N=NC(C)(C)C(N)=NCCCO)C(N)=NCCCO. The van der Waals surface area contributed by atoms with Crippen LogP contribution in [0.4, 0.5) is 0 Å². The van der Waals surface area contributed by atoms with Crippen LogP contribution in [0.15, 0.2) is 20.2 Å². The molecule has 0 unspecified atom stereocenters. The lowest BCUT2D eigenvalue weighted by Gasteiger charge is -2.22. The van der Waals surface area contributed by atoms with Gasteiger partial charge in [-0.15, -0.1) is 0 Å². The summed E-state index contributed by atoms with van der Waals surface area (Å²) >= 11 is 0. The quantitative estimate of drug-likeness (QED) is 0.201. The average molecular weight is 314 g/mol. The normalized spacial score (nSPS) is 14.8. The van der Waals surface area contributed by atoms with Crippen LogP contribution < -0.4 is 11.5 Å². The van der Waals surface area contributed by atoms with Crippen LogP contribution in [-0.2, 0) is 0 Å². The van der Waals surface area contributed by atoms with Gasteiger partial charge >= 0.3 is 0 Å². The number of hydrogen-bond acceptors (Lipinski definition) is 6. The second-order valence-electron chi connectivity index (χ2n) is 6.01. The first-order chi connectivity index (χ1) is 10.2. The summed E-state index contributed by atoms with van der Waals surface area (Å²) in [6.45, 7) is 8.30. The molecule has 0 amide bonds. The van der Waals surface area contributed by atoms with E-state index in [4.69, 9.17) is 21.7 Å². The molecule has 0 aromatic rings. The Bertz CT molecular complexity index is 378. The van der Waals surface area contributed by atoms with Gasteiger partial charge in [-0.05, 0) is 40.5 Å². The van der Waals surface area contributed by atoms with E-state index in [1.807, 2.05) is 27.7 Å². The molecule has 0 aliphatic heterocycles. The molecule has 0 aromatic heterocycles. The van der Waals surface area contributed by atoms with Crippen LogP contribution in [0, 0.1) is 0 Å². The molecular weight excluding hydrogens is 284 g/mol. The molecule has 0 bridgehead atoms. The largest absolute Gasteiger partial charge is 0.396 e. The second kappa shape index (κ2) is 9.47. The van der Waals surface area contributed by atoms with E-state index in [0.29, 0.717) is 37.6 Å². The molecule has 0 fully saturated rings. The predicted molar refractivity (Wildman–Crippen MR) is 89.4 cm³/mol. The molecule has 0 aliphatic carbocycles. The molecule has 8 nitrogen and oxygen atoms in total. The number of aliphatic hydroxyl groups is 2. The Kier molecular flexibility index (Phi) is 8.81. The molecular formula is C14H30N6O2. The van der Waals surface area contributed by atoms with E-state index in [0.717, 1.165) is 0 Å². The third-order valence-electron chi connectivity index (χ3n) is 3.00. The van der Waals surface area contributed by atoms with Crippen LogP contribution in [0.1, 0.15) is 40.5 Å². The van der Waals surface area contributed by atoms with Gasteiger partial charge in [0.15, 0.2) is 0 Å². The van der Waals surface area contributed by atoms with E-state index in [1.54, 1.807) is 0 Å². The van der Waals surface area contributed by atoms with Crippen molar-refractivity contribution in [2.45, 2.75) is 51.6 Å². The first kappa shape index (κ1) is 20.5. The Morgan fingerprint density at radius 1 is 0.773 bits per heavy atom. The van der Waals surface area contributed by atoms with Gasteiger partial charge in [0.1, 0.15) is 22.7 Å². The average Bonchev–Trinajstić information content (AvgIpc) is 2.45. The molecule has 0 saturated heterocycles. The third-order valence-corrected chi connectivity index (χ3v) is 3.00. The van der Waals surface area contributed by atoms with Gasteiger partial charge in [0.05, 0.1) is 0 Å². The van der Waals surface area contributed by atoms with Crippen molar-refractivity contribution in [3.8, 4) is 0 Å². The number of amidine groups is 2. The van der Waals surface area contributed by atoms with Crippen LogP contribution in [-0.4, -0.2) is 59.3 Å². The summed E-state index contributed by atoms with van der Waals surface area (Å²) in [5, 5.41) is 26.0. The number of aliphatic hydroxyl groups excluding tert-OH is 2. The van der Waals surface area contributed by atoms with Gasteiger partial charge in [0.2, 0.25) is 0 Å². The molecule has 22 heavy (non-hydrogen) atoms. The molecule has 0 aliphatic rings. The first-order valence-electron chi connectivity index (χ1n) is 7.44.